The van der Waals surface area contributed by atoms with E-state index in [2.05, 4.69) is 28.2 Å². The zero-order chi connectivity index (χ0) is 23.2. The van der Waals surface area contributed by atoms with Crippen LogP contribution in [0.5, 0.6) is 0 Å². The van der Waals surface area contributed by atoms with Gasteiger partial charge in [-0.05, 0) is 12.5 Å². The van der Waals surface area contributed by atoms with E-state index in [0.717, 1.165) is 33.3 Å². The Bertz CT molecular complexity index is 1300. The van der Waals surface area contributed by atoms with Gasteiger partial charge in [0.15, 0.2) is 16.7 Å². The SMILES string of the molecule is CCCc1cc2c(N3CCn4c(nnc4C(F)(F)F)C3)nc(-c3nc(CCO)cs3)nc2s1. The predicted octanol–water partition coefficient (Wildman–Crippen LogP) is 3.93. The van der Waals surface area contributed by atoms with Gasteiger partial charge in [0.25, 0.3) is 0 Å². The molecule has 4 aromatic heterocycles. The number of halogens is 3. The first-order chi connectivity index (χ1) is 15.9. The van der Waals surface area contributed by atoms with Crippen molar-refractivity contribution in [2.24, 2.45) is 0 Å². The molecule has 1 aliphatic heterocycles. The maximum atomic E-state index is 13.2. The summed E-state index contributed by atoms with van der Waals surface area (Å²) in [6.45, 7) is 2.74. The molecule has 0 saturated heterocycles. The van der Waals surface area contributed by atoms with Crippen LogP contribution in [-0.2, 0) is 32.1 Å². The highest BCUT2D eigenvalue weighted by molar-refractivity contribution is 7.18. The molecule has 0 aromatic carbocycles. The summed E-state index contributed by atoms with van der Waals surface area (Å²) in [6.07, 6.45) is -2.18. The van der Waals surface area contributed by atoms with Crippen molar-refractivity contribution in [3.05, 3.63) is 33.7 Å². The van der Waals surface area contributed by atoms with Crippen LogP contribution in [0.1, 0.15) is 35.6 Å². The number of thiazole rings is 1. The van der Waals surface area contributed by atoms with E-state index in [-0.39, 0.29) is 25.5 Å². The van der Waals surface area contributed by atoms with E-state index in [1.54, 1.807) is 11.3 Å². The molecule has 0 unspecified atom stereocenters. The molecule has 1 aliphatic rings. The molecule has 0 fully saturated rings. The molecule has 174 valence electrons. The summed E-state index contributed by atoms with van der Waals surface area (Å²) in [5.74, 6) is 0.422. The van der Waals surface area contributed by atoms with Crippen molar-refractivity contribution >= 4 is 38.7 Å². The Morgan fingerprint density at radius 2 is 1.97 bits per heavy atom. The van der Waals surface area contributed by atoms with Gasteiger partial charge in [-0.1, -0.05) is 13.3 Å². The molecule has 8 nitrogen and oxygen atoms in total. The number of aryl methyl sites for hydroxylation is 1. The van der Waals surface area contributed by atoms with Crippen molar-refractivity contribution in [3.63, 3.8) is 0 Å². The van der Waals surface area contributed by atoms with E-state index < -0.39 is 12.0 Å². The molecule has 13 heteroatoms. The first-order valence-electron chi connectivity index (χ1n) is 10.5. The second-order valence-corrected chi connectivity index (χ2v) is 9.65. The van der Waals surface area contributed by atoms with Gasteiger partial charge in [-0.3, -0.25) is 0 Å². The van der Waals surface area contributed by atoms with Crippen molar-refractivity contribution in [1.82, 2.24) is 29.7 Å². The molecule has 1 N–H and O–H groups in total. The largest absolute Gasteiger partial charge is 0.451 e. The first-order valence-corrected chi connectivity index (χ1v) is 12.2. The van der Waals surface area contributed by atoms with Gasteiger partial charge in [0.1, 0.15) is 10.6 Å². The second-order valence-electron chi connectivity index (χ2n) is 7.68. The molecule has 4 aromatic rings. The minimum absolute atomic E-state index is 0.00793. The number of nitrogens with zero attached hydrogens (tertiary/aromatic N) is 7. The lowest BCUT2D eigenvalue weighted by Crippen LogP contribution is -2.36. The monoisotopic (exact) mass is 495 g/mol. The fraction of sp³-hybridized carbons (Fsp3) is 0.450. The number of fused-ring (bicyclic) bond motifs is 2. The van der Waals surface area contributed by atoms with Gasteiger partial charge in [0.05, 0.1) is 17.6 Å². The quantitative estimate of drug-likeness (QED) is 0.433. The second kappa shape index (κ2) is 8.61. The van der Waals surface area contributed by atoms with Crippen LogP contribution >= 0.6 is 22.7 Å². The molecule has 0 aliphatic carbocycles. The van der Waals surface area contributed by atoms with E-state index >= 15 is 0 Å². The zero-order valence-electron chi connectivity index (χ0n) is 17.6. The molecule has 5 heterocycles. The number of thiophene rings is 1. The van der Waals surface area contributed by atoms with Crippen molar-refractivity contribution in [2.75, 3.05) is 18.1 Å². The van der Waals surface area contributed by atoms with Gasteiger partial charge in [-0.25, -0.2) is 15.0 Å². The van der Waals surface area contributed by atoms with Gasteiger partial charge in [-0.2, -0.15) is 13.2 Å². The van der Waals surface area contributed by atoms with Crippen LogP contribution in [0.15, 0.2) is 11.4 Å². The van der Waals surface area contributed by atoms with Crippen LogP contribution in [0.25, 0.3) is 21.0 Å². The smallest absolute Gasteiger partial charge is 0.396 e. The fourth-order valence-corrected chi connectivity index (χ4v) is 5.76. The van der Waals surface area contributed by atoms with E-state index in [1.807, 2.05) is 10.3 Å². The van der Waals surface area contributed by atoms with E-state index in [9.17, 15) is 18.3 Å². The van der Waals surface area contributed by atoms with Gasteiger partial charge in [0, 0.05) is 36.4 Å². The molecular weight excluding hydrogens is 475 g/mol. The van der Waals surface area contributed by atoms with Crippen LogP contribution in [-0.4, -0.2) is 48.0 Å². The lowest BCUT2D eigenvalue weighted by atomic mass is 10.2. The highest BCUT2D eigenvalue weighted by Crippen LogP contribution is 2.36. The van der Waals surface area contributed by atoms with Gasteiger partial charge >= 0.3 is 6.18 Å². The lowest BCUT2D eigenvalue weighted by molar-refractivity contribution is -0.147. The van der Waals surface area contributed by atoms with Crippen LogP contribution in [0, 0.1) is 0 Å². The van der Waals surface area contributed by atoms with Crippen LogP contribution in [0.3, 0.4) is 0 Å². The van der Waals surface area contributed by atoms with E-state index in [1.165, 1.54) is 16.2 Å². The Labute approximate surface area is 194 Å². The lowest BCUT2D eigenvalue weighted by Gasteiger charge is -2.29. The Kier molecular flexibility index (Phi) is 5.79. The number of aliphatic hydroxyl groups is 1. The molecular formula is C20H20F3N7OS2. The summed E-state index contributed by atoms with van der Waals surface area (Å²) in [7, 11) is 0. The molecule has 0 bridgehead atoms. The summed E-state index contributed by atoms with van der Waals surface area (Å²) in [6, 6.07) is 2.07. The number of rotatable bonds is 6. The number of aromatic nitrogens is 6. The highest BCUT2D eigenvalue weighted by atomic mass is 32.1. The minimum Gasteiger partial charge on any atom is -0.396 e. The summed E-state index contributed by atoms with van der Waals surface area (Å²) in [4.78, 5) is 18.0. The third-order valence-corrected chi connectivity index (χ3v) is 7.31. The Morgan fingerprint density at radius 1 is 1.12 bits per heavy atom. The Morgan fingerprint density at radius 3 is 2.73 bits per heavy atom. The number of hydrogen-bond donors (Lipinski definition) is 1. The molecule has 0 atom stereocenters. The Hall–Kier alpha value is -2.64. The minimum atomic E-state index is -4.54. The predicted molar refractivity (Wildman–Crippen MR) is 119 cm³/mol. The molecule has 33 heavy (non-hydrogen) atoms. The molecule has 0 radical (unpaired) electrons. The van der Waals surface area contributed by atoms with Crippen molar-refractivity contribution in [2.45, 2.75) is 45.5 Å². The first kappa shape index (κ1) is 22.2. The zero-order valence-corrected chi connectivity index (χ0v) is 19.3. The summed E-state index contributed by atoms with van der Waals surface area (Å²) < 4.78 is 40.8. The van der Waals surface area contributed by atoms with Crippen LogP contribution in [0.4, 0.5) is 19.0 Å². The Balaban J connectivity index is 1.56. The van der Waals surface area contributed by atoms with Crippen molar-refractivity contribution < 1.29 is 18.3 Å². The molecule has 0 saturated carbocycles. The number of aliphatic hydroxyl groups excluding tert-OH is 1. The molecule has 0 amide bonds. The topological polar surface area (TPSA) is 92.9 Å². The maximum Gasteiger partial charge on any atom is 0.451 e. The van der Waals surface area contributed by atoms with Crippen molar-refractivity contribution in [3.8, 4) is 10.8 Å². The summed E-state index contributed by atoms with van der Waals surface area (Å²) in [5, 5.41) is 19.8. The summed E-state index contributed by atoms with van der Waals surface area (Å²) >= 11 is 3.00. The molecule has 0 spiro atoms. The van der Waals surface area contributed by atoms with E-state index in [4.69, 9.17) is 9.97 Å². The number of hydrogen-bond acceptors (Lipinski definition) is 9. The highest BCUT2D eigenvalue weighted by Gasteiger charge is 2.39. The molecule has 5 rings (SSSR count). The third kappa shape index (κ3) is 4.20. The van der Waals surface area contributed by atoms with Gasteiger partial charge in [-0.15, -0.1) is 32.9 Å². The average molecular weight is 496 g/mol. The fourth-order valence-electron chi connectivity index (χ4n) is 3.85. The normalized spacial score (nSPS) is 14.3. The van der Waals surface area contributed by atoms with Crippen LogP contribution in [0.2, 0.25) is 0 Å². The number of anilines is 1. The van der Waals surface area contributed by atoms with Crippen LogP contribution < -0.4 is 4.90 Å². The number of alkyl halides is 3. The average Bonchev–Trinajstić information content (AvgIpc) is 3.50. The summed E-state index contributed by atoms with van der Waals surface area (Å²) in [5.41, 5.74) is 0.770. The van der Waals surface area contributed by atoms with Gasteiger partial charge < -0.3 is 14.6 Å². The standard InChI is InChI=1S/C20H20F3N7OS2/c1-2-3-12-8-13-16(29-5-6-30-14(9-29)27-28-19(30)20(21,22)23)25-15(26-17(13)33-12)18-24-11(4-7-31)10-32-18/h8,10,31H,2-7,9H2,1H3. The van der Waals surface area contributed by atoms with E-state index in [0.29, 0.717) is 29.6 Å². The third-order valence-electron chi connectivity index (χ3n) is 5.34. The van der Waals surface area contributed by atoms with Gasteiger partial charge in [0.2, 0.25) is 5.82 Å². The van der Waals surface area contributed by atoms with Crippen molar-refractivity contribution in [1.29, 1.82) is 0 Å². The maximum absolute atomic E-state index is 13.2.